The van der Waals surface area contributed by atoms with Crippen molar-refractivity contribution in [2.75, 3.05) is 141 Å². The molecule has 0 spiro atoms. The number of nitrogens with one attached hydrogen (secondary N) is 1. The summed E-state index contributed by atoms with van der Waals surface area (Å²) in [5.41, 5.74) is 13.3. The Bertz CT molecular complexity index is 2070. The summed E-state index contributed by atoms with van der Waals surface area (Å²) < 4.78 is 51.7. The van der Waals surface area contributed by atoms with Crippen molar-refractivity contribution in [1.29, 1.82) is 5.26 Å². The second-order valence-corrected chi connectivity index (χ2v) is 17.5. The molecule has 0 saturated heterocycles. The molecule has 69 heavy (non-hydrogen) atoms. The number of thiocyanates is 1. The summed E-state index contributed by atoms with van der Waals surface area (Å²) in [6, 6.07) is 30.8. The van der Waals surface area contributed by atoms with Crippen LogP contribution in [-0.4, -0.2) is 147 Å². The average Bonchev–Trinajstić information content (AvgIpc) is 3.37. The van der Waals surface area contributed by atoms with E-state index < -0.39 is 0 Å². The lowest BCUT2D eigenvalue weighted by atomic mass is 9.87. The van der Waals surface area contributed by atoms with Gasteiger partial charge in [0.2, 0.25) is 0 Å². The Morgan fingerprint density at radius 3 is 1.94 bits per heavy atom. The molecule has 0 aliphatic carbocycles. The zero-order valence-corrected chi connectivity index (χ0v) is 40.8. The van der Waals surface area contributed by atoms with Gasteiger partial charge in [-0.15, -0.1) is 0 Å². The number of nitrogens with zero attached hydrogens (tertiary/aromatic N) is 3. The van der Waals surface area contributed by atoms with Gasteiger partial charge in [0.15, 0.2) is 0 Å². The van der Waals surface area contributed by atoms with Crippen molar-refractivity contribution in [2.24, 2.45) is 5.73 Å². The molecule has 1 aliphatic rings. The number of aliphatic hydroxyl groups excluding tert-OH is 1. The molecule has 0 fully saturated rings. The van der Waals surface area contributed by atoms with Crippen LogP contribution in [0.2, 0.25) is 0 Å². The van der Waals surface area contributed by atoms with E-state index in [0.29, 0.717) is 136 Å². The highest BCUT2D eigenvalue weighted by atomic mass is 32.2. The molecule has 0 amide bonds. The van der Waals surface area contributed by atoms with Gasteiger partial charge in [0.1, 0.15) is 11.5 Å². The van der Waals surface area contributed by atoms with Gasteiger partial charge in [-0.05, 0) is 58.8 Å². The van der Waals surface area contributed by atoms with Crippen LogP contribution in [0.3, 0.4) is 0 Å². The lowest BCUT2D eigenvalue weighted by molar-refractivity contribution is -0.385. The number of aliphatic hydroxyl groups is 1. The van der Waals surface area contributed by atoms with Gasteiger partial charge in [0.05, 0.1) is 136 Å². The molecule has 4 N–H and O–H groups in total. The third kappa shape index (κ3) is 20.9. The van der Waals surface area contributed by atoms with Gasteiger partial charge < -0.3 is 63.7 Å². The maximum absolute atomic E-state index is 11.2. The molecular formula is C50H67N5O12S2. The third-order valence-electron chi connectivity index (χ3n) is 10.7. The first-order chi connectivity index (χ1) is 34.0. The van der Waals surface area contributed by atoms with Crippen molar-refractivity contribution in [3.05, 3.63) is 129 Å². The number of nitro benzene ring substituents is 1. The zero-order valence-electron chi connectivity index (χ0n) is 39.2. The average molecular weight is 994 g/mol. The highest BCUT2D eigenvalue weighted by Crippen LogP contribution is 2.40. The Morgan fingerprint density at radius 2 is 1.28 bits per heavy atom. The molecule has 17 nitrogen and oxygen atoms in total. The summed E-state index contributed by atoms with van der Waals surface area (Å²) in [6.45, 7) is 7.99. The number of para-hydroxylation sites is 2. The Morgan fingerprint density at radius 1 is 0.710 bits per heavy atom. The molecule has 0 bridgehead atoms. The standard InChI is InChI=1S/C50H67N5O12S2/c51-39-69-44-15-13-42(14-16-44)53-50-45-9-3-1-7-40(45)35-54(48-12-6-4-10-46(48)49(50)52)17-19-59-21-23-63-31-32-67-43(36-65-29-27-61-24-22-60-20-18-56)37-66-30-28-62-25-26-64-33-34-68-38-41-8-2-5-11-47(41)55(57)58/h1-16,43,49-50,53,56H,17-38,52H2. The van der Waals surface area contributed by atoms with Crippen LogP contribution >= 0.6 is 23.5 Å². The van der Waals surface area contributed by atoms with E-state index in [1.165, 1.54) is 11.6 Å². The van der Waals surface area contributed by atoms with E-state index in [2.05, 4.69) is 52.0 Å². The quantitative estimate of drug-likeness (QED) is 0.0140. The van der Waals surface area contributed by atoms with Gasteiger partial charge in [0, 0.05) is 52.5 Å². The summed E-state index contributed by atoms with van der Waals surface area (Å²) >= 11 is 2.72. The van der Waals surface area contributed by atoms with Crippen LogP contribution in [0.15, 0.2) is 102 Å². The largest absolute Gasteiger partial charge is 0.394 e. The minimum absolute atomic E-state index is 0.0226. The van der Waals surface area contributed by atoms with E-state index in [0.717, 1.165) is 39.2 Å². The fourth-order valence-corrected chi connectivity index (χ4v) is 8.54. The van der Waals surface area contributed by atoms with E-state index in [4.69, 9.17) is 58.7 Å². The third-order valence-corrected chi connectivity index (χ3v) is 12.3. The number of thioether (sulfide) groups is 2. The van der Waals surface area contributed by atoms with Crippen molar-refractivity contribution < 1.29 is 52.7 Å². The topological polar surface area (TPSA) is 212 Å². The van der Waals surface area contributed by atoms with Gasteiger partial charge in [-0.2, -0.15) is 17.0 Å². The number of anilines is 2. The predicted molar refractivity (Wildman–Crippen MR) is 268 cm³/mol. The Kier molecular flexibility index (Phi) is 27.4. The molecule has 3 unspecified atom stereocenters. The van der Waals surface area contributed by atoms with Gasteiger partial charge in [-0.1, -0.05) is 60.7 Å². The van der Waals surface area contributed by atoms with Crippen LogP contribution in [0, 0.1) is 20.8 Å². The van der Waals surface area contributed by atoms with E-state index in [-0.39, 0.29) is 42.0 Å². The predicted octanol–water partition coefficient (Wildman–Crippen LogP) is 6.78. The molecule has 1 heterocycles. The molecule has 0 radical (unpaired) electrons. The van der Waals surface area contributed by atoms with Crippen molar-refractivity contribution in [3.8, 4) is 5.40 Å². The summed E-state index contributed by atoms with van der Waals surface area (Å²) in [5, 5.41) is 34.9. The molecular weight excluding hydrogens is 927 g/mol. The van der Waals surface area contributed by atoms with Crippen LogP contribution in [-0.2, 0) is 54.9 Å². The number of rotatable bonds is 37. The molecule has 0 saturated carbocycles. The van der Waals surface area contributed by atoms with Crippen LogP contribution in [0.1, 0.15) is 34.3 Å². The van der Waals surface area contributed by atoms with Crippen LogP contribution in [0.4, 0.5) is 17.1 Å². The SMILES string of the molecule is N#CSc1ccc(NC2c3ccccc3CN(CCOCCOCCOC(COCCOCCOCCO)COCCOCCOCCSCc3ccccc3[N+](=O)[O-])c3ccccc3C2N)cc1. The zero-order chi connectivity index (χ0) is 48.6. The van der Waals surface area contributed by atoms with E-state index in [9.17, 15) is 10.1 Å². The second kappa shape index (κ2) is 34.0. The minimum atomic E-state index is -0.353. The molecule has 376 valence electrons. The first-order valence-electron chi connectivity index (χ1n) is 23.2. The summed E-state index contributed by atoms with van der Waals surface area (Å²) in [6.07, 6.45) is -0.332. The number of nitrogens with two attached hydrogens (primary N) is 1. The van der Waals surface area contributed by atoms with Gasteiger partial charge >= 0.3 is 0 Å². The first kappa shape index (κ1) is 55.6. The summed E-state index contributed by atoms with van der Waals surface area (Å²) in [4.78, 5) is 14.1. The van der Waals surface area contributed by atoms with Gasteiger partial charge in [0.25, 0.3) is 5.69 Å². The minimum Gasteiger partial charge on any atom is -0.394 e. The second-order valence-electron chi connectivity index (χ2n) is 15.5. The van der Waals surface area contributed by atoms with E-state index in [1.807, 2.05) is 36.4 Å². The lowest BCUT2D eigenvalue weighted by Gasteiger charge is -2.37. The van der Waals surface area contributed by atoms with E-state index in [1.54, 1.807) is 30.0 Å². The van der Waals surface area contributed by atoms with Crippen molar-refractivity contribution in [1.82, 2.24) is 0 Å². The number of nitriles is 1. The van der Waals surface area contributed by atoms with Crippen molar-refractivity contribution in [3.63, 3.8) is 0 Å². The number of nitro groups is 1. The lowest BCUT2D eigenvalue weighted by Crippen LogP contribution is -2.35. The number of hydrogen-bond donors (Lipinski definition) is 3. The smallest absolute Gasteiger partial charge is 0.273 e. The molecule has 0 aromatic heterocycles. The highest BCUT2D eigenvalue weighted by molar-refractivity contribution is 8.03. The van der Waals surface area contributed by atoms with Gasteiger partial charge in [-0.3, -0.25) is 10.1 Å². The number of ether oxygens (including phenoxy) is 9. The van der Waals surface area contributed by atoms with Gasteiger partial charge in [-0.25, -0.2) is 0 Å². The fourth-order valence-electron chi connectivity index (χ4n) is 7.32. The normalized spacial score (nSPS) is 14.9. The first-order valence-corrected chi connectivity index (χ1v) is 25.2. The maximum Gasteiger partial charge on any atom is 0.273 e. The van der Waals surface area contributed by atoms with Crippen LogP contribution < -0.4 is 16.0 Å². The van der Waals surface area contributed by atoms with Crippen molar-refractivity contribution >= 4 is 40.6 Å². The molecule has 5 rings (SSSR count). The monoisotopic (exact) mass is 993 g/mol. The van der Waals surface area contributed by atoms with Crippen molar-refractivity contribution in [2.45, 2.75) is 35.4 Å². The number of hydrogen-bond acceptors (Lipinski definition) is 18. The van der Waals surface area contributed by atoms with Crippen LogP contribution in [0.5, 0.6) is 0 Å². The molecule has 19 heteroatoms. The number of benzene rings is 4. The fraction of sp³-hybridized carbons (Fsp3) is 0.500. The Hall–Kier alpha value is -4.37. The van der Waals surface area contributed by atoms with Crippen LogP contribution in [0.25, 0.3) is 0 Å². The molecule has 3 atom stereocenters. The Balaban J connectivity index is 0.970. The summed E-state index contributed by atoms with van der Waals surface area (Å²) in [5.74, 6) is 1.27. The highest BCUT2D eigenvalue weighted by Gasteiger charge is 2.30. The Labute approximate surface area is 414 Å². The summed E-state index contributed by atoms with van der Waals surface area (Å²) in [7, 11) is 0. The number of fused-ring (bicyclic) bond motifs is 2. The molecule has 4 aromatic carbocycles. The molecule has 1 aliphatic heterocycles. The van der Waals surface area contributed by atoms with E-state index >= 15 is 0 Å². The maximum atomic E-state index is 11.2. The molecule has 4 aromatic rings.